The van der Waals surface area contributed by atoms with Crippen molar-refractivity contribution < 1.29 is 9.84 Å². The number of hydrogen-bond donors (Lipinski definition) is 2. The Bertz CT molecular complexity index is 611. The van der Waals surface area contributed by atoms with Crippen LogP contribution in [0.1, 0.15) is 26.7 Å². The Morgan fingerprint density at radius 2 is 2.19 bits per heavy atom. The van der Waals surface area contributed by atoms with Gasteiger partial charge in [0, 0.05) is 45.3 Å². The van der Waals surface area contributed by atoms with E-state index in [2.05, 4.69) is 39.2 Å². The number of aliphatic hydroxyl groups is 1. The van der Waals surface area contributed by atoms with Gasteiger partial charge < -0.3 is 14.7 Å². The van der Waals surface area contributed by atoms with Crippen LogP contribution < -0.4 is 5.43 Å². The minimum absolute atomic E-state index is 0.00796. The highest BCUT2D eigenvalue weighted by Gasteiger charge is 2.32. The van der Waals surface area contributed by atoms with Gasteiger partial charge in [0.1, 0.15) is 6.10 Å². The number of nitrogens with zero attached hydrogens (tertiary/aromatic N) is 4. The highest BCUT2D eigenvalue weighted by Crippen LogP contribution is 2.25. The number of fused-ring (bicyclic) bond motifs is 1. The van der Waals surface area contributed by atoms with E-state index in [4.69, 9.17) is 22.1 Å². The number of nitrogens with one attached hydrogen (secondary N) is 1. The topological polar surface area (TPSA) is 72.7 Å². The number of piperazine rings is 1. The summed E-state index contributed by atoms with van der Waals surface area (Å²) in [5, 5.41) is 14.3. The average molecular weight is 380 g/mol. The Labute approximate surface area is 160 Å². The maximum Gasteiger partial charge on any atom is 0.189 e. The molecular weight excluding hydrogens is 350 g/mol. The molecule has 3 aliphatic rings. The van der Waals surface area contributed by atoms with Crippen LogP contribution in [0.15, 0.2) is 21.9 Å². The predicted octanol–water partition coefficient (Wildman–Crippen LogP) is 1.00. The van der Waals surface area contributed by atoms with Crippen LogP contribution in [-0.4, -0.2) is 83.5 Å². The van der Waals surface area contributed by atoms with Crippen molar-refractivity contribution >= 4 is 28.8 Å². The highest BCUT2D eigenvalue weighted by molar-refractivity contribution is 7.80. The smallest absolute Gasteiger partial charge is 0.189 e. The Morgan fingerprint density at radius 1 is 1.42 bits per heavy atom. The third kappa shape index (κ3) is 4.68. The van der Waals surface area contributed by atoms with Crippen molar-refractivity contribution in [1.82, 2.24) is 15.2 Å². The molecule has 0 saturated carbocycles. The molecule has 7 nitrogen and oxygen atoms in total. The van der Waals surface area contributed by atoms with Crippen molar-refractivity contribution in [3.05, 3.63) is 11.8 Å². The molecule has 3 rings (SSSR count). The SMILES string of the molecule is CC1=CN=C2/C(=N\NC(=S)N3CCN(CCO)CC3)CCOC2C(C)C1. The van der Waals surface area contributed by atoms with Crippen molar-refractivity contribution in [2.75, 3.05) is 45.9 Å². The molecule has 26 heavy (non-hydrogen) atoms. The molecular formula is C18H29N5O2S. The molecule has 2 saturated heterocycles. The summed E-state index contributed by atoms with van der Waals surface area (Å²) in [4.78, 5) is 9.02. The van der Waals surface area contributed by atoms with Gasteiger partial charge in [-0.3, -0.25) is 15.3 Å². The second-order valence-corrected chi connectivity index (χ2v) is 7.63. The van der Waals surface area contributed by atoms with E-state index in [9.17, 15) is 0 Å². The van der Waals surface area contributed by atoms with Crippen molar-refractivity contribution in [1.29, 1.82) is 0 Å². The van der Waals surface area contributed by atoms with Crippen LogP contribution in [0.4, 0.5) is 0 Å². The van der Waals surface area contributed by atoms with Gasteiger partial charge in [0.05, 0.1) is 24.6 Å². The van der Waals surface area contributed by atoms with Gasteiger partial charge in [0.2, 0.25) is 0 Å². The van der Waals surface area contributed by atoms with Gasteiger partial charge in [-0.25, -0.2) is 0 Å². The van der Waals surface area contributed by atoms with Crippen molar-refractivity contribution in [2.24, 2.45) is 16.0 Å². The van der Waals surface area contributed by atoms with Gasteiger partial charge in [-0.2, -0.15) is 5.10 Å². The fourth-order valence-corrected chi connectivity index (χ4v) is 3.93. The first-order valence-electron chi connectivity index (χ1n) is 9.38. The van der Waals surface area contributed by atoms with E-state index in [1.54, 1.807) is 0 Å². The monoisotopic (exact) mass is 379 g/mol. The minimum atomic E-state index is 0.00796. The van der Waals surface area contributed by atoms with Crippen LogP contribution in [0.25, 0.3) is 0 Å². The summed E-state index contributed by atoms with van der Waals surface area (Å²) in [6.07, 6.45) is 3.69. The van der Waals surface area contributed by atoms with E-state index < -0.39 is 0 Å². The second-order valence-electron chi connectivity index (χ2n) is 7.24. The Hall–Kier alpha value is -1.35. The van der Waals surface area contributed by atoms with Crippen LogP contribution in [0.2, 0.25) is 0 Å². The van der Waals surface area contributed by atoms with Gasteiger partial charge in [0.25, 0.3) is 0 Å². The fourth-order valence-electron chi connectivity index (χ4n) is 3.70. The molecule has 0 aromatic carbocycles. The Balaban J connectivity index is 1.61. The fraction of sp³-hybridized carbons (Fsp3) is 0.722. The summed E-state index contributed by atoms with van der Waals surface area (Å²) in [5.74, 6) is 0.393. The number of allylic oxidation sites excluding steroid dienone is 1. The molecule has 0 aromatic rings. The van der Waals surface area contributed by atoms with E-state index >= 15 is 0 Å². The zero-order valence-corrected chi connectivity index (χ0v) is 16.5. The van der Waals surface area contributed by atoms with Crippen molar-refractivity contribution in [3.8, 4) is 0 Å². The van der Waals surface area contributed by atoms with Gasteiger partial charge >= 0.3 is 0 Å². The lowest BCUT2D eigenvalue weighted by Gasteiger charge is -2.35. The molecule has 2 N–H and O–H groups in total. The molecule has 3 heterocycles. The summed E-state index contributed by atoms with van der Waals surface area (Å²) < 4.78 is 5.97. The number of aliphatic imine (C=N–C) groups is 1. The lowest BCUT2D eigenvalue weighted by Crippen LogP contribution is -2.51. The van der Waals surface area contributed by atoms with Crippen LogP contribution in [0.5, 0.6) is 0 Å². The van der Waals surface area contributed by atoms with Gasteiger partial charge in [-0.15, -0.1) is 0 Å². The molecule has 8 heteroatoms. The van der Waals surface area contributed by atoms with E-state index in [-0.39, 0.29) is 12.7 Å². The van der Waals surface area contributed by atoms with E-state index in [1.807, 2.05) is 6.20 Å². The Morgan fingerprint density at radius 3 is 2.92 bits per heavy atom. The molecule has 0 aromatic heterocycles. The molecule has 3 aliphatic heterocycles. The summed E-state index contributed by atoms with van der Waals surface area (Å²) in [6.45, 7) is 9.42. The number of ether oxygens (including phenoxy) is 1. The average Bonchev–Trinajstić information content (AvgIpc) is 2.79. The zero-order valence-electron chi connectivity index (χ0n) is 15.6. The number of rotatable bonds is 3. The maximum atomic E-state index is 9.04. The number of aliphatic hydroxyl groups excluding tert-OH is 1. The van der Waals surface area contributed by atoms with Crippen LogP contribution in [0.3, 0.4) is 0 Å². The Kier molecular flexibility index (Phi) is 6.74. The number of thiocarbonyl (C=S) groups is 1. The normalized spacial score (nSPS) is 28.9. The molecule has 2 unspecified atom stereocenters. The summed E-state index contributed by atoms with van der Waals surface area (Å²) >= 11 is 5.52. The number of β-amino-alcohol motifs (C(OH)–C–C–N with tert-alkyl or cyclic N) is 1. The minimum Gasteiger partial charge on any atom is -0.395 e. The van der Waals surface area contributed by atoms with Crippen LogP contribution >= 0.6 is 12.2 Å². The summed E-state index contributed by atoms with van der Waals surface area (Å²) in [7, 11) is 0. The summed E-state index contributed by atoms with van der Waals surface area (Å²) in [6, 6.07) is 0. The molecule has 0 aliphatic carbocycles. The molecule has 2 atom stereocenters. The van der Waals surface area contributed by atoms with E-state index in [0.717, 1.165) is 57.0 Å². The van der Waals surface area contributed by atoms with E-state index in [0.29, 0.717) is 17.6 Å². The lowest BCUT2D eigenvalue weighted by molar-refractivity contribution is 0.0640. The number of hydrazone groups is 1. The first-order valence-corrected chi connectivity index (χ1v) is 9.79. The lowest BCUT2D eigenvalue weighted by atomic mass is 9.90. The third-order valence-corrected chi connectivity index (χ3v) is 5.50. The first kappa shape index (κ1) is 19.4. The molecule has 144 valence electrons. The second kappa shape index (κ2) is 9.03. The van der Waals surface area contributed by atoms with Crippen LogP contribution in [-0.2, 0) is 4.74 Å². The van der Waals surface area contributed by atoms with Gasteiger partial charge in [-0.05, 0) is 31.5 Å². The van der Waals surface area contributed by atoms with Gasteiger partial charge in [-0.1, -0.05) is 12.5 Å². The first-order chi connectivity index (χ1) is 12.6. The van der Waals surface area contributed by atoms with Crippen molar-refractivity contribution in [2.45, 2.75) is 32.8 Å². The molecule has 0 radical (unpaired) electrons. The summed E-state index contributed by atoms with van der Waals surface area (Å²) in [5.41, 5.74) is 6.22. The largest absolute Gasteiger partial charge is 0.395 e. The quantitative estimate of drug-likeness (QED) is 0.563. The molecule has 2 fully saturated rings. The van der Waals surface area contributed by atoms with E-state index in [1.165, 1.54) is 5.57 Å². The number of hydrogen-bond acceptors (Lipinski definition) is 6. The molecule has 0 bridgehead atoms. The molecule has 0 amide bonds. The highest BCUT2D eigenvalue weighted by atomic mass is 32.1. The standard InChI is InChI=1S/C18H29N5O2S/c1-13-11-14(2)17-16(19-12-13)15(3-10-25-17)20-21-18(26)23-6-4-22(5-7-23)8-9-24/h12,14,17,24H,3-11H2,1-2H3,(H,21,26)/b20-15-. The van der Waals surface area contributed by atoms with Crippen molar-refractivity contribution in [3.63, 3.8) is 0 Å². The zero-order chi connectivity index (χ0) is 18.5. The third-order valence-electron chi connectivity index (χ3n) is 5.15. The van der Waals surface area contributed by atoms with Gasteiger partial charge in [0.15, 0.2) is 5.11 Å². The maximum absolute atomic E-state index is 9.04. The molecule has 0 spiro atoms. The predicted molar refractivity (Wildman–Crippen MR) is 108 cm³/mol. The van der Waals surface area contributed by atoms with Crippen LogP contribution in [0, 0.1) is 5.92 Å².